The highest BCUT2D eigenvalue weighted by molar-refractivity contribution is 14.0. The Morgan fingerprint density at radius 2 is 1.92 bits per heavy atom. The lowest BCUT2D eigenvalue weighted by atomic mass is 10.0. The zero-order chi connectivity index (χ0) is 16.7. The molecule has 6 heteroatoms. The third kappa shape index (κ3) is 7.04. The van der Waals surface area contributed by atoms with Crippen LogP contribution in [0.1, 0.15) is 52.9 Å². The molecule has 0 aromatic heterocycles. The molecule has 2 saturated heterocycles. The molecule has 2 rings (SSSR count). The Morgan fingerprint density at radius 3 is 2.46 bits per heavy atom. The van der Waals surface area contributed by atoms with Crippen LogP contribution in [0.3, 0.4) is 0 Å². The number of halogens is 1. The monoisotopic (exact) mass is 452 g/mol. The van der Waals surface area contributed by atoms with Gasteiger partial charge in [-0.05, 0) is 58.0 Å². The molecule has 2 aliphatic rings. The first kappa shape index (κ1) is 22.0. The summed E-state index contributed by atoms with van der Waals surface area (Å²) in [5.41, 5.74) is -0.0378. The number of hydrogen-bond donors (Lipinski definition) is 2. The van der Waals surface area contributed by atoms with E-state index in [1.807, 2.05) is 7.05 Å². The highest BCUT2D eigenvalue weighted by Gasteiger charge is 2.30. The molecule has 0 saturated carbocycles. The minimum Gasteiger partial charge on any atom is -0.373 e. The third-order valence-electron chi connectivity index (χ3n) is 5.06. The van der Waals surface area contributed by atoms with Gasteiger partial charge < -0.3 is 15.4 Å². The van der Waals surface area contributed by atoms with E-state index in [0.717, 1.165) is 44.4 Å². The molecule has 2 N–H and O–H groups in total. The maximum absolute atomic E-state index is 5.84. The Hall–Kier alpha value is -0.0800. The second kappa shape index (κ2) is 10.8. The fraction of sp³-hybridized carbons (Fsp3) is 0.944. The number of nitrogens with zero attached hydrogens (tertiary/aromatic N) is 2. The quantitative estimate of drug-likeness (QED) is 0.355. The lowest BCUT2D eigenvalue weighted by Gasteiger charge is -2.30. The summed E-state index contributed by atoms with van der Waals surface area (Å²) < 4.78 is 5.84. The number of hydrogen-bond acceptors (Lipinski definition) is 3. The molecule has 0 bridgehead atoms. The zero-order valence-corrected chi connectivity index (χ0v) is 18.3. The summed E-state index contributed by atoms with van der Waals surface area (Å²) in [6.45, 7) is 12.0. The third-order valence-corrected chi connectivity index (χ3v) is 5.06. The predicted octanol–water partition coefficient (Wildman–Crippen LogP) is 2.85. The Bertz CT molecular complexity index is 377. The summed E-state index contributed by atoms with van der Waals surface area (Å²) in [7, 11) is 1.85. The van der Waals surface area contributed by atoms with Crippen molar-refractivity contribution in [3.05, 3.63) is 0 Å². The van der Waals surface area contributed by atoms with E-state index in [4.69, 9.17) is 4.74 Å². The summed E-state index contributed by atoms with van der Waals surface area (Å²) in [5.74, 6) is 1.62. The molecule has 0 aliphatic carbocycles. The Labute approximate surface area is 165 Å². The van der Waals surface area contributed by atoms with Gasteiger partial charge in [-0.1, -0.05) is 13.8 Å². The summed E-state index contributed by atoms with van der Waals surface area (Å²) >= 11 is 0. The van der Waals surface area contributed by atoms with Gasteiger partial charge in [0.05, 0.1) is 5.60 Å². The number of ether oxygens (including phenoxy) is 1. The van der Waals surface area contributed by atoms with Crippen molar-refractivity contribution in [2.45, 2.75) is 64.5 Å². The second-order valence-corrected chi connectivity index (χ2v) is 7.74. The van der Waals surface area contributed by atoms with Gasteiger partial charge in [0.1, 0.15) is 0 Å². The van der Waals surface area contributed by atoms with Crippen molar-refractivity contribution in [3.8, 4) is 0 Å². The molecule has 142 valence electrons. The van der Waals surface area contributed by atoms with Gasteiger partial charge in [-0.15, -0.1) is 24.0 Å². The van der Waals surface area contributed by atoms with Gasteiger partial charge in [0.15, 0.2) is 5.96 Å². The van der Waals surface area contributed by atoms with Gasteiger partial charge >= 0.3 is 0 Å². The topological polar surface area (TPSA) is 48.9 Å². The molecule has 2 unspecified atom stereocenters. The fourth-order valence-corrected chi connectivity index (χ4v) is 3.69. The van der Waals surface area contributed by atoms with Crippen LogP contribution in [-0.2, 0) is 4.74 Å². The first-order chi connectivity index (χ1) is 11.0. The summed E-state index contributed by atoms with van der Waals surface area (Å²) in [6.07, 6.45) is 6.22. The summed E-state index contributed by atoms with van der Waals surface area (Å²) in [4.78, 5) is 7.02. The number of rotatable bonds is 7. The second-order valence-electron chi connectivity index (χ2n) is 7.74. The van der Waals surface area contributed by atoms with Crippen LogP contribution in [0.5, 0.6) is 0 Å². The van der Waals surface area contributed by atoms with Crippen LogP contribution in [0.15, 0.2) is 4.99 Å². The predicted molar refractivity (Wildman–Crippen MR) is 112 cm³/mol. The molecule has 0 spiro atoms. The van der Waals surface area contributed by atoms with Gasteiger partial charge in [0.2, 0.25) is 0 Å². The standard InChI is InChI=1S/C18H36N4O.HI/c1-15(2)12-16(22-9-5-6-10-22)13-20-17(19-4)21-14-18(3)8-7-11-23-18;/h15-16H,5-14H2,1-4H3,(H2,19,20,21);1H. The molecular formula is C18H37IN4O. The van der Waals surface area contributed by atoms with Crippen molar-refractivity contribution >= 4 is 29.9 Å². The van der Waals surface area contributed by atoms with Crippen LogP contribution in [0.2, 0.25) is 0 Å². The average molecular weight is 452 g/mol. The van der Waals surface area contributed by atoms with E-state index < -0.39 is 0 Å². The van der Waals surface area contributed by atoms with Gasteiger partial charge in [-0.3, -0.25) is 9.89 Å². The Balaban J connectivity index is 0.00000288. The van der Waals surface area contributed by atoms with Crippen LogP contribution in [-0.4, -0.2) is 62.3 Å². The van der Waals surface area contributed by atoms with Crippen molar-refractivity contribution in [2.75, 3.05) is 39.8 Å². The van der Waals surface area contributed by atoms with Gasteiger partial charge in [0, 0.05) is 32.8 Å². The van der Waals surface area contributed by atoms with E-state index in [0.29, 0.717) is 6.04 Å². The fourth-order valence-electron chi connectivity index (χ4n) is 3.69. The maximum Gasteiger partial charge on any atom is 0.191 e. The van der Waals surface area contributed by atoms with Crippen LogP contribution >= 0.6 is 24.0 Å². The van der Waals surface area contributed by atoms with Crippen molar-refractivity contribution in [1.82, 2.24) is 15.5 Å². The van der Waals surface area contributed by atoms with E-state index in [9.17, 15) is 0 Å². The normalized spacial score (nSPS) is 26.5. The molecule has 5 nitrogen and oxygen atoms in total. The van der Waals surface area contributed by atoms with Crippen molar-refractivity contribution in [2.24, 2.45) is 10.9 Å². The molecule has 2 heterocycles. The molecule has 0 radical (unpaired) electrons. The molecule has 0 aromatic carbocycles. The smallest absolute Gasteiger partial charge is 0.191 e. The highest BCUT2D eigenvalue weighted by atomic mass is 127. The summed E-state index contributed by atoms with van der Waals surface area (Å²) in [5, 5.41) is 6.98. The molecule has 2 fully saturated rings. The maximum atomic E-state index is 5.84. The lowest BCUT2D eigenvalue weighted by molar-refractivity contribution is 0.0242. The lowest BCUT2D eigenvalue weighted by Crippen LogP contribution is -2.49. The zero-order valence-electron chi connectivity index (χ0n) is 15.9. The van der Waals surface area contributed by atoms with Gasteiger partial charge in [-0.2, -0.15) is 0 Å². The molecule has 2 atom stereocenters. The average Bonchev–Trinajstić information content (AvgIpc) is 3.17. The van der Waals surface area contributed by atoms with E-state index in [-0.39, 0.29) is 29.6 Å². The van der Waals surface area contributed by atoms with Gasteiger partial charge in [-0.25, -0.2) is 0 Å². The molecule has 24 heavy (non-hydrogen) atoms. The van der Waals surface area contributed by atoms with Crippen molar-refractivity contribution in [1.29, 1.82) is 0 Å². The number of aliphatic imine (C=N–C) groups is 1. The van der Waals surface area contributed by atoms with Crippen LogP contribution in [0, 0.1) is 5.92 Å². The van der Waals surface area contributed by atoms with E-state index >= 15 is 0 Å². The molecular weight excluding hydrogens is 415 g/mol. The van der Waals surface area contributed by atoms with Crippen LogP contribution in [0.25, 0.3) is 0 Å². The Morgan fingerprint density at radius 1 is 1.21 bits per heavy atom. The minimum absolute atomic E-state index is 0. The number of likely N-dealkylation sites (tertiary alicyclic amines) is 1. The number of nitrogens with one attached hydrogen (secondary N) is 2. The summed E-state index contributed by atoms with van der Waals surface area (Å²) in [6, 6.07) is 0.606. The van der Waals surface area contributed by atoms with E-state index in [1.165, 1.54) is 32.4 Å². The van der Waals surface area contributed by atoms with Crippen LogP contribution < -0.4 is 10.6 Å². The van der Waals surface area contributed by atoms with E-state index in [1.54, 1.807) is 0 Å². The minimum atomic E-state index is -0.0378. The largest absolute Gasteiger partial charge is 0.373 e. The van der Waals surface area contributed by atoms with Crippen molar-refractivity contribution < 1.29 is 4.74 Å². The Kier molecular flexibility index (Phi) is 9.89. The first-order valence-corrected chi connectivity index (χ1v) is 9.35. The molecule has 2 aliphatic heterocycles. The number of guanidine groups is 1. The van der Waals surface area contributed by atoms with Crippen LogP contribution in [0.4, 0.5) is 0 Å². The molecule has 0 amide bonds. The van der Waals surface area contributed by atoms with Crippen molar-refractivity contribution in [3.63, 3.8) is 0 Å². The first-order valence-electron chi connectivity index (χ1n) is 9.35. The van der Waals surface area contributed by atoms with Gasteiger partial charge in [0.25, 0.3) is 0 Å². The van der Waals surface area contributed by atoms with E-state index in [2.05, 4.69) is 41.3 Å². The molecule has 0 aromatic rings. The SMILES string of the molecule is CN=C(NCC(CC(C)C)N1CCCC1)NCC1(C)CCCO1.I. The highest BCUT2D eigenvalue weighted by Crippen LogP contribution is 2.23.